The van der Waals surface area contributed by atoms with Gasteiger partial charge in [-0.15, -0.1) is 0 Å². The summed E-state index contributed by atoms with van der Waals surface area (Å²) in [4.78, 5) is 18.2. The summed E-state index contributed by atoms with van der Waals surface area (Å²) in [7, 11) is 1.58. The number of hydrogen-bond acceptors (Lipinski definition) is 4. The average molecular weight is 242 g/mol. The van der Waals surface area contributed by atoms with E-state index in [2.05, 4.69) is 20.2 Å². The highest BCUT2D eigenvalue weighted by atomic mass is 16.5. The molecule has 90 valence electrons. The highest BCUT2D eigenvalue weighted by Gasteiger charge is 2.09. The van der Waals surface area contributed by atoms with Crippen LogP contribution in [0.25, 0.3) is 22.2 Å². The van der Waals surface area contributed by atoms with Crippen molar-refractivity contribution in [1.82, 2.24) is 20.2 Å². The molecule has 3 aromatic rings. The standard InChI is InChI=1S/C12H10N4O2/c1-18-8-2-3-9-10(4-8)15-12(17)16-11(9)7-5-13-14-6-7/h2-6H,1H3,(H,13,14)(H,15,16,17). The monoisotopic (exact) mass is 242 g/mol. The number of fused-ring (bicyclic) bond motifs is 1. The zero-order valence-corrected chi connectivity index (χ0v) is 9.60. The van der Waals surface area contributed by atoms with Gasteiger partial charge in [0.25, 0.3) is 0 Å². The third kappa shape index (κ3) is 1.64. The molecule has 0 atom stereocenters. The van der Waals surface area contributed by atoms with E-state index in [0.717, 1.165) is 10.9 Å². The maximum Gasteiger partial charge on any atom is 0.345 e. The Labute approximate surface area is 102 Å². The molecule has 0 aliphatic carbocycles. The van der Waals surface area contributed by atoms with Gasteiger partial charge in [0, 0.05) is 23.2 Å². The maximum absolute atomic E-state index is 11.6. The van der Waals surface area contributed by atoms with Gasteiger partial charge in [0.15, 0.2) is 0 Å². The van der Waals surface area contributed by atoms with Crippen molar-refractivity contribution in [3.05, 3.63) is 41.1 Å². The molecule has 6 nitrogen and oxygen atoms in total. The molecule has 0 aliphatic heterocycles. The number of ether oxygens (including phenoxy) is 1. The van der Waals surface area contributed by atoms with Crippen molar-refractivity contribution >= 4 is 10.9 Å². The van der Waals surface area contributed by atoms with E-state index >= 15 is 0 Å². The molecule has 0 aliphatic rings. The van der Waals surface area contributed by atoms with Gasteiger partial charge >= 0.3 is 5.69 Å². The van der Waals surface area contributed by atoms with Crippen LogP contribution in [0, 0.1) is 0 Å². The van der Waals surface area contributed by atoms with Crippen LogP contribution in [0.2, 0.25) is 0 Å². The van der Waals surface area contributed by atoms with Crippen LogP contribution in [0.4, 0.5) is 0 Å². The molecule has 0 unspecified atom stereocenters. The summed E-state index contributed by atoms with van der Waals surface area (Å²) in [6, 6.07) is 5.45. The predicted molar refractivity (Wildman–Crippen MR) is 66.5 cm³/mol. The minimum Gasteiger partial charge on any atom is -0.497 e. The van der Waals surface area contributed by atoms with E-state index in [4.69, 9.17) is 4.74 Å². The Hall–Kier alpha value is -2.63. The van der Waals surface area contributed by atoms with Crippen molar-refractivity contribution in [3.63, 3.8) is 0 Å². The summed E-state index contributed by atoms with van der Waals surface area (Å²) in [6.45, 7) is 0. The maximum atomic E-state index is 11.6. The second-order valence-corrected chi connectivity index (χ2v) is 3.79. The fourth-order valence-corrected chi connectivity index (χ4v) is 1.87. The third-order valence-electron chi connectivity index (χ3n) is 2.71. The fourth-order valence-electron chi connectivity index (χ4n) is 1.87. The Morgan fingerprint density at radius 2 is 2.22 bits per heavy atom. The van der Waals surface area contributed by atoms with Gasteiger partial charge in [0.2, 0.25) is 0 Å². The smallest absolute Gasteiger partial charge is 0.345 e. The van der Waals surface area contributed by atoms with Gasteiger partial charge < -0.3 is 9.72 Å². The van der Waals surface area contributed by atoms with E-state index in [-0.39, 0.29) is 0 Å². The second kappa shape index (κ2) is 3.99. The molecule has 0 saturated carbocycles. The van der Waals surface area contributed by atoms with Gasteiger partial charge in [-0.05, 0) is 12.1 Å². The zero-order valence-electron chi connectivity index (χ0n) is 9.60. The summed E-state index contributed by atoms with van der Waals surface area (Å²) in [6.07, 6.45) is 3.33. The van der Waals surface area contributed by atoms with Crippen molar-refractivity contribution in [2.45, 2.75) is 0 Å². The molecule has 0 fully saturated rings. The largest absolute Gasteiger partial charge is 0.497 e. The molecular weight excluding hydrogens is 232 g/mol. The molecule has 18 heavy (non-hydrogen) atoms. The fraction of sp³-hybridized carbons (Fsp3) is 0.0833. The number of rotatable bonds is 2. The topological polar surface area (TPSA) is 83.7 Å². The molecule has 2 heterocycles. The molecule has 1 aromatic carbocycles. The summed E-state index contributed by atoms with van der Waals surface area (Å²) < 4.78 is 5.13. The van der Waals surface area contributed by atoms with Crippen LogP contribution in [-0.4, -0.2) is 27.3 Å². The van der Waals surface area contributed by atoms with Gasteiger partial charge in [-0.1, -0.05) is 0 Å². The first-order valence-corrected chi connectivity index (χ1v) is 5.35. The molecular formula is C12H10N4O2. The van der Waals surface area contributed by atoms with Crippen LogP contribution in [0.15, 0.2) is 35.4 Å². The number of H-pyrrole nitrogens is 2. The number of methoxy groups -OCH3 is 1. The van der Waals surface area contributed by atoms with Crippen molar-refractivity contribution in [2.75, 3.05) is 7.11 Å². The molecule has 0 amide bonds. The van der Waals surface area contributed by atoms with Gasteiger partial charge in [-0.25, -0.2) is 4.79 Å². The first kappa shape index (κ1) is 10.5. The van der Waals surface area contributed by atoms with Crippen LogP contribution in [0.1, 0.15) is 0 Å². The van der Waals surface area contributed by atoms with Gasteiger partial charge in [0.1, 0.15) is 5.75 Å². The van der Waals surface area contributed by atoms with Crippen LogP contribution in [-0.2, 0) is 0 Å². The first-order valence-electron chi connectivity index (χ1n) is 5.35. The lowest BCUT2D eigenvalue weighted by Crippen LogP contribution is -2.11. The second-order valence-electron chi connectivity index (χ2n) is 3.79. The molecule has 0 saturated heterocycles. The van der Waals surface area contributed by atoms with E-state index in [9.17, 15) is 4.79 Å². The van der Waals surface area contributed by atoms with E-state index in [1.807, 2.05) is 12.1 Å². The van der Waals surface area contributed by atoms with Gasteiger partial charge in [0.05, 0.1) is 24.5 Å². The molecule has 3 rings (SSSR count). The van der Waals surface area contributed by atoms with E-state index in [0.29, 0.717) is 17.0 Å². The SMILES string of the molecule is COc1ccc2c(-c3cn[nH]c3)nc(=O)[nH]c2c1. The first-order chi connectivity index (χ1) is 8.78. The lowest BCUT2D eigenvalue weighted by molar-refractivity contribution is 0.415. The molecule has 0 radical (unpaired) electrons. The minimum atomic E-state index is -0.396. The Kier molecular flexibility index (Phi) is 2.33. The highest BCUT2D eigenvalue weighted by Crippen LogP contribution is 2.25. The van der Waals surface area contributed by atoms with Crippen LogP contribution >= 0.6 is 0 Å². The summed E-state index contributed by atoms with van der Waals surface area (Å²) in [5.41, 5.74) is 1.67. The van der Waals surface area contributed by atoms with Crippen LogP contribution < -0.4 is 10.4 Å². The molecule has 2 N–H and O–H groups in total. The Morgan fingerprint density at radius 3 is 2.94 bits per heavy atom. The lowest BCUT2D eigenvalue weighted by Gasteiger charge is -2.05. The normalized spacial score (nSPS) is 10.7. The van der Waals surface area contributed by atoms with E-state index in [1.165, 1.54) is 0 Å². The quantitative estimate of drug-likeness (QED) is 0.709. The van der Waals surface area contributed by atoms with Crippen molar-refractivity contribution in [2.24, 2.45) is 0 Å². The summed E-state index contributed by atoms with van der Waals surface area (Å²) in [5.74, 6) is 0.683. The molecule has 0 spiro atoms. The minimum absolute atomic E-state index is 0.396. The molecule has 0 bridgehead atoms. The number of nitrogens with one attached hydrogen (secondary N) is 2. The number of nitrogens with zero attached hydrogens (tertiary/aromatic N) is 2. The third-order valence-corrected chi connectivity index (χ3v) is 2.71. The number of aromatic amines is 2. The number of benzene rings is 1. The Morgan fingerprint density at radius 1 is 1.33 bits per heavy atom. The molecule has 2 aromatic heterocycles. The highest BCUT2D eigenvalue weighted by molar-refractivity contribution is 5.92. The van der Waals surface area contributed by atoms with Crippen molar-refractivity contribution < 1.29 is 4.74 Å². The zero-order chi connectivity index (χ0) is 12.5. The van der Waals surface area contributed by atoms with Crippen LogP contribution in [0.5, 0.6) is 5.75 Å². The lowest BCUT2D eigenvalue weighted by atomic mass is 10.1. The van der Waals surface area contributed by atoms with Crippen LogP contribution in [0.3, 0.4) is 0 Å². The Balaban J connectivity index is 2.35. The molecule has 6 heteroatoms. The predicted octanol–water partition coefficient (Wildman–Crippen LogP) is 1.32. The number of aromatic nitrogens is 4. The van der Waals surface area contributed by atoms with Gasteiger partial charge in [-0.3, -0.25) is 5.10 Å². The number of hydrogen-bond donors (Lipinski definition) is 2. The van der Waals surface area contributed by atoms with Gasteiger partial charge in [-0.2, -0.15) is 10.1 Å². The van der Waals surface area contributed by atoms with E-state index in [1.54, 1.807) is 25.6 Å². The van der Waals surface area contributed by atoms with Crippen molar-refractivity contribution in [1.29, 1.82) is 0 Å². The summed E-state index contributed by atoms with van der Waals surface area (Å²) >= 11 is 0. The summed E-state index contributed by atoms with van der Waals surface area (Å²) in [5, 5.41) is 7.42. The Bertz CT molecular complexity index is 746. The van der Waals surface area contributed by atoms with Crippen molar-refractivity contribution in [3.8, 4) is 17.0 Å². The average Bonchev–Trinajstić information content (AvgIpc) is 2.90. The van der Waals surface area contributed by atoms with E-state index < -0.39 is 5.69 Å².